The number of hydrogen-bond donors (Lipinski definition) is 0. The molecule has 5 aromatic rings. The van der Waals surface area contributed by atoms with E-state index < -0.39 is 0 Å². The van der Waals surface area contributed by atoms with Crippen molar-refractivity contribution in [1.29, 1.82) is 0 Å². The molecule has 0 aliphatic rings. The highest BCUT2D eigenvalue weighted by Gasteiger charge is 2.19. The third kappa shape index (κ3) is 2.20. The van der Waals surface area contributed by atoms with Gasteiger partial charge >= 0.3 is 0 Å². The lowest BCUT2D eigenvalue weighted by atomic mass is 10.2. The van der Waals surface area contributed by atoms with E-state index in [2.05, 4.69) is 15.3 Å². The number of benzene rings is 2. The van der Waals surface area contributed by atoms with Gasteiger partial charge in [0.05, 0.1) is 22.8 Å². The summed E-state index contributed by atoms with van der Waals surface area (Å²) in [6.45, 7) is 0. The summed E-state index contributed by atoms with van der Waals surface area (Å²) in [6, 6.07) is 13.4. The molecule has 2 aromatic carbocycles. The molecular weight excluding hydrogens is 347 g/mol. The maximum absolute atomic E-state index is 13.7. The Hall–Kier alpha value is -3.81. The average Bonchev–Trinajstić information content (AvgIpc) is 3.33. The van der Waals surface area contributed by atoms with Crippen LogP contribution in [0, 0.1) is 5.82 Å². The highest BCUT2D eigenvalue weighted by atomic mass is 19.1. The maximum Gasteiger partial charge on any atom is 0.261 e. The standard InChI is InChI=1S/C19H13FN6O/c1-24-18-17(16-10-22-23-26(16)13-6-4-5-12(20)9-13)21-11-25(18)15-8-3-2-7-14(15)19(24)27/h2-11H,1H3. The summed E-state index contributed by atoms with van der Waals surface area (Å²) in [6.07, 6.45) is 3.21. The Morgan fingerprint density at radius 1 is 1.07 bits per heavy atom. The van der Waals surface area contributed by atoms with E-state index in [1.165, 1.54) is 16.8 Å². The third-order valence-electron chi connectivity index (χ3n) is 4.60. The van der Waals surface area contributed by atoms with Crippen molar-refractivity contribution < 1.29 is 4.39 Å². The number of hydrogen-bond acceptors (Lipinski definition) is 4. The summed E-state index contributed by atoms with van der Waals surface area (Å²) < 4.78 is 18.6. The Labute approximate surface area is 151 Å². The molecule has 3 heterocycles. The van der Waals surface area contributed by atoms with Crippen molar-refractivity contribution >= 4 is 16.6 Å². The first-order valence-corrected chi connectivity index (χ1v) is 8.27. The van der Waals surface area contributed by atoms with Gasteiger partial charge in [0, 0.05) is 7.05 Å². The van der Waals surface area contributed by atoms with Crippen LogP contribution in [0.4, 0.5) is 4.39 Å². The molecule has 5 rings (SSSR count). The van der Waals surface area contributed by atoms with Gasteiger partial charge in [-0.3, -0.25) is 13.8 Å². The molecule has 8 heteroatoms. The second kappa shape index (κ2) is 5.60. The predicted octanol–water partition coefficient (Wildman–Crippen LogP) is 2.57. The van der Waals surface area contributed by atoms with Crippen LogP contribution in [-0.2, 0) is 7.05 Å². The van der Waals surface area contributed by atoms with Gasteiger partial charge in [-0.25, -0.2) is 14.1 Å². The highest BCUT2D eigenvalue weighted by molar-refractivity contribution is 5.84. The van der Waals surface area contributed by atoms with Gasteiger partial charge in [-0.1, -0.05) is 23.4 Å². The van der Waals surface area contributed by atoms with Gasteiger partial charge in [-0.15, -0.1) is 5.10 Å². The lowest BCUT2D eigenvalue weighted by molar-refractivity contribution is 0.625. The Bertz CT molecular complexity index is 1380. The van der Waals surface area contributed by atoms with Gasteiger partial charge in [-0.2, -0.15) is 0 Å². The van der Waals surface area contributed by atoms with Crippen molar-refractivity contribution in [3.63, 3.8) is 0 Å². The minimum absolute atomic E-state index is 0.121. The van der Waals surface area contributed by atoms with Crippen molar-refractivity contribution in [2.24, 2.45) is 7.05 Å². The Morgan fingerprint density at radius 3 is 2.78 bits per heavy atom. The molecule has 0 fully saturated rings. The zero-order valence-electron chi connectivity index (χ0n) is 14.2. The number of aryl methyl sites for hydroxylation is 1. The van der Waals surface area contributed by atoms with Crippen molar-refractivity contribution in [3.8, 4) is 17.1 Å². The van der Waals surface area contributed by atoms with Gasteiger partial charge in [0.15, 0.2) is 0 Å². The number of rotatable bonds is 2. The maximum atomic E-state index is 13.7. The molecular formula is C19H13FN6O. The number of para-hydroxylation sites is 1. The zero-order valence-corrected chi connectivity index (χ0v) is 14.2. The van der Waals surface area contributed by atoms with Gasteiger partial charge in [0.1, 0.15) is 29.2 Å². The van der Waals surface area contributed by atoms with E-state index in [9.17, 15) is 9.18 Å². The largest absolute Gasteiger partial charge is 0.295 e. The predicted molar refractivity (Wildman–Crippen MR) is 98.3 cm³/mol. The molecule has 0 aliphatic carbocycles. The molecule has 0 saturated carbocycles. The van der Waals surface area contributed by atoms with Crippen molar-refractivity contribution in [2.75, 3.05) is 0 Å². The number of fused-ring (bicyclic) bond motifs is 3. The van der Waals surface area contributed by atoms with E-state index in [1.807, 2.05) is 22.6 Å². The molecule has 132 valence electrons. The van der Waals surface area contributed by atoms with Crippen molar-refractivity contribution in [3.05, 3.63) is 77.2 Å². The second-order valence-electron chi connectivity index (χ2n) is 6.18. The van der Waals surface area contributed by atoms with Crippen LogP contribution in [-0.4, -0.2) is 28.9 Å². The Morgan fingerprint density at radius 2 is 1.93 bits per heavy atom. The second-order valence-corrected chi connectivity index (χ2v) is 6.18. The quantitative estimate of drug-likeness (QED) is 0.485. The summed E-state index contributed by atoms with van der Waals surface area (Å²) in [4.78, 5) is 17.3. The summed E-state index contributed by atoms with van der Waals surface area (Å²) >= 11 is 0. The van der Waals surface area contributed by atoms with Crippen LogP contribution in [0.5, 0.6) is 0 Å². The molecule has 0 N–H and O–H groups in total. The molecule has 27 heavy (non-hydrogen) atoms. The van der Waals surface area contributed by atoms with Crippen LogP contribution in [0.2, 0.25) is 0 Å². The van der Waals surface area contributed by atoms with Gasteiger partial charge in [0.2, 0.25) is 0 Å². The molecule has 0 bridgehead atoms. The fraction of sp³-hybridized carbons (Fsp3) is 0.0526. The lowest BCUT2D eigenvalue weighted by Gasteiger charge is -2.09. The summed E-state index contributed by atoms with van der Waals surface area (Å²) in [5, 5.41) is 8.63. The summed E-state index contributed by atoms with van der Waals surface area (Å²) in [5.41, 5.74) is 2.87. The van der Waals surface area contributed by atoms with Crippen LogP contribution in [0.25, 0.3) is 33.6 Å². The minimum atomic E-state index is -0.373. The zero-order chi connectivity index (χ0) is 18.5. The number of imidazole rings is 1. The van der Waals surface area contributed by atoms with Crippen molar-refractivity contribution in [2.45, 2.75) is 0 Å². The molecule has 0 radical (unpaired) electrons. The van der Waals surface area contributed by atoms with Crippen LogP contribution in [0.1, 0.15) is 0 Å². The molecule has 3 aromatic heterocycles. The molecule has 0 aliphatic heterocycles. The first-order chi connectivity index (χ1) is 13.1. The number of halogens is 1. The lowest BCUT2D eigenvalue weighted by Crippen LogP contribution is -2.19. The summed E-state index contributed by atoms with van der Waals surface area (Å²) in [7, 11) is 1.70. The Kier molecular flexibility index (Phi) is 3.20. The van der Waals surface area contributed by atoms with Gasteiger partial charge in [-0.05, 0) is 30.3 Å². The smallest absolute Gasteiger partial charge is 0.261 e. The molecule has 0 saturated heterocycles. The molecule has 7 nitrogen and oxygen atoms in total. The SMILES string of the molecule is Cn1c(=O)c2ccccc2n2cnc(-c3cnnn3-c3cccc(F)c3)c12. The van der Waals surface area contributed by atoms with Crippen molar-refractivity contribution in [1.82, 2.24) is 28.9 Å². The van der Waals surface area contributed by atoms with Gasteiger partial charge < -0.3 is 0 Å². The average molecular weight is 360 g/mol. The fourth-order valence-electron chi connectivity index (χ4n) is 3.36. The normalized spacial score (nSPS) is 11.5. The number of aromatic nitrogens is 6. The minimum Gasteiger partial charge on any atom is -0.295 e. The summed E-state index contributed by atoms with van der Waals surface area (Å²) in [5.74, 6) is -0.373. The van der Waals surface area contributed by atoms with E-state index in [0.29, 0.717) is 28.1 Å². The van der Waals surface area contributed by atoms with Crippen LogP contribution in [0.3, 0.4) is 0 Å². The van der Waals surface area contributed by atoms with Crippen LogP contribution >= 0.6 is 0 Å². The highest BCUT2D eigenvalue weighted by Crippen LogP contribution is 2.26. The Balaban J connectivity index is 1.84. The topological polar surface area (TPSA) is 70.0 Å². The molecule has 0 atom stereocenters. The third-order valence-corrected chi connectivity index (χ3v) is 4.60. The van der Waals surface area contributed by atoms with E-state index >= 15 is 0 Å². The fourth-order valence-corrected chi connectivity index (χ4v) is 3.36. The molecule has 0 unspecified atom stereocenters. The van der Waals surface area contributed by atoms with E-state index in [4.69, 9.17) is 0 Å². The van der Waals surface area contributed by atoms with E-state index in [0.717, 1.165) is 5.52 Å². The van der Waals surface area contributed by atoms with E-state index in [1.54, 1.807) is 42.3 Å². The van der Waals surface area contributed by atoms with Crippen LogP contribution < -0.4 is 5.56 Å². The van der Waals surface area contributed by atoms with Crippen LogP contribution in [0.15, 0.2) is 65.8 Å². The van der Waals surface area contributed by atoms with Gasteiger partial charge in [0.25, 0.3) is 5.56 Å². The first kappa shape index (κ1) is 15.4. The number of nitrogens with zero attached hydrogens (tertiary/aromatic N) is 6. The van der Waals surface area contributed by atoms with E-state index in [-0.39, 0.29) is 11.4 Å². The molecule has 0 spiro atoms. The molecule has 0 amide bonds. The first-order valence-electron chi connectivity index (χ1n) is 8.27. The monoisotopic (exact) mass is 360 g/mol.